The number of hydrogen-bond acceptors (Lipinski definition) is 1. The van der Waals surface area contributed by atoms with Crippen molar-refractivity contribution < 1.29 is 4.79 Å². The summed E-state index contributed by atoms with van der Waals surface area (Å²) in [5, 5.41) is 0. The van der Waals surface area contributed by atoms with Gasteiger partial charge in [-0.2, -0.15) is 0 Å². The second kappa shape index (κ2) is 5.59. The van der Waals surface area contributed by atoms with E-state index in [2.05, 4.69) is 45.6 Å². The highest BCUT2D eigenvalue weighted by atomic mass is 16.2. The van der Waals surface area contributed by atoms with Crippen LogP contribution < -0.4 is 0 Å². The maximum Gasteiger partial charge on any atom is 0.254 e. The molecule has 1 aromatic carbocycles. The van der Waals surface area contributed by atoms with Crippen LogP contribution in [0.25, 0.3) is 0 Å². The largest absolute Gasteiger partial charge is 0.336 e. The van der Waals surface area contributed by atoms with Crippen molar-refractivity contribution >= 4 is 5.91 Å². The van der Waals surface area contributed by atoms with Gasteiger partial charge in [-0.05, 0) is 55.7 Å². The van der Waals surface area contributed by atoms with E-state index in [1.54, 1.807) is 0 Å². The molecule has 1 heterocycles. The monoisotopic (exact) mass is 273 g/mol. The van der Waals surface area contributed by atoms with E-state index in [9.17, 15) is 4.79 Å². The van der Waals surface area contributed by atoms with E-state index in [1.807, 2.05) is 12.1 Å². The topological polar surface area (TPSA) is 20.3 Å². The predicted octanol–water partition coefficient (Wildman–Crippen LogP) is 4.34. The van der Waals surface area contributed by atoms with E-state index in [0.717, 1.165) is 36.9 Å². The Morgan fingerprint density at radius 2 is 2.00 bits per heavy atom. The van der Waals surface area contributed by atoms with Crippen LogP contribution in [0.5, 0.6) is 0 Å². The summed E-state index contributed by atoms with van der Waals surface area (Å²) in [5.74, 6) is 0.220. The van der Waals surface area contributed by atoms with Gasteiger partial charge in [0.15, 0.2) is 0 Å². The highest BCUT2D eigenvalue weighted by Crippen LogP contribution is 2.31. The Hall–Kier alpha value is -1.31. The van der Waals surface area contributed by atoms with Crippen LogP contribution in [-0.4, -0.2) is 23.4 Å². The molecule has 0 aliphatic carbocycles. The fraction of sp³-hybridized carbons (Fsp3) is 0.611. The molecule has 2 heteroatoms. The highest BCUT2D eigenvalue weighted by molar-refractivity contribution is 5.96. The number of aryl methyl sites for hydroxylation is 1. The third-order valence-corrected chi connectivity index (χ3v) is 4.32. The summed E-state index contributed by atoms with van der Waals surface area (Å²) in [6.45, 7) is 11.8. The second-order valence-electron chi connectivity index (χ2n) is 7.31. The van der Waals surface area contributed by atoms with Gasteiger partial charge in [0.1, 0.15) is 0 Å². The number of carbonyl (C=O) groups excluding carboxylic acids is 1. The minimum Gasteiger partial charge on any atom is -0.336 e. The van der Waals surface area contributed by atoms with Gasteiger partial charge < -0.3 is 4.90 Å². The van der Waals surface area contributed by atoms with Crippen LogP contribution >= 0.6 is 0 Å². The van der Waals surface area contributed by atoms with E-state index in [0.29, 0.717) is 6.04 Å². The summed E-state index contributed by atoms with van der Waals surface area (Å²) < 4.78 is 0. The van der Waals surface area contributed by atoms with Crippen LogP contribution in [0.15, 0.2) is 18.2 Å². The molecule has 0 radical (unpaired) electrons. The molecule has 20 heavy (non-hydrogen) atoms. The van der Waals surface area contributed by atoms with E-state index in [-0.39, 0.29) is 11.3 Å². The molecule has 0 aromatic heterocycles. The number of amides is 1. The van der Waals surface area contributed by atoms with E-state index >= 15 is 0 Å². The summed E-state index contributed by atoms with van der Waals surface area (Å²) in [6.07, 6.45) is 3.37. The van der Waals surface area contributed by atoms with E-state index in [1.165, 1.54) is 5.56 Å². The van der Waals surface area contributed by atoms with Crippen LogP contribution in [-0.2, 0) is 0 Å². The average Bonchev–Trinajstić information content (AvgIpc) is 2.77. The third-order valence-electron chi connectivity index (χ3n) is 4.32. The molecule has 1 atom stereocenters. The first-order chi connectivity index (χ1) is 9.29. The summed E-state index contributed by atoms with van der Waals surface area (Å²) in [4.78, 5) is 14.9. The molecule has 1 aliphatic rings. The number of likely N-dealkylation sites (tertiary alicyclic amines) is 1. The predicted molar refractivity (Wildman–Crippen MR) is 84.0 cm³/mol. The second-order valence-corrected chi connectivity index (χ2v) is 7.31. The van der Waals surface area contributed by atoms with Gasteiger partial charge in [0.2, 0.25) is 0 Å². The summed E-state index contributed by atoms with van der Waals surface area (Å²) in [5.41, 5.74) is 3.47. The zero-order valence-electron chi connectivity index (χ0n) is 13.5. The van der Waals surface area contributed by atoms with E-state index in [4.69, 9.17) is 0 Å². The van der Waals surface area contributed by atoms with Gasteiger partial charge in [-0.25, -0.2) is 0 Å². The number of hydrogen-bond donors (Lipinski definition) is 0. The van der Waals surface area contributed by atoms with Crippen LogP contribution in [0.2, 0.25) is 0 Å². The Morgan fingerprint density at radius 1 is 1.30 bits per heavy atom. The van der Waals surface area contributed by atoms with Crippen molar-refractivity contribution in [2.45, 2.75) is 59.9 Å². The molecule has 0 saturated carbocycles. The molecule has 0 N–H and O–H groups in total. The van der Waals surface area contributed by atoms with Gasteiger partial charge >= 0.3 is 0 Å². The van der Waals surface area contributed by atoms with Crippen molar-refractivity contribution in [3.05, 3.63) is 34.9 Å². The maximum atomic E-state index is 12.8. The van der Waals surface area contributed by atoms with Gasteiger partial charge in [-0.3, -0.25) is 4.79 Å². The molecule has 0 spiro atoms. The molecule has 2 nitrogen and oxygen atoms in total. The van der Waals surface area contributed by atoms with E-state index < -0.39 is 0 Å². The molecule has 1 saturated heterocycles. The standard InChI is InChI=1S/C18H27NO/c1-13-8-6-10-16(14(13)2)17(20)19-11-7-9-15(19)12-18(3,4)5/h6,8,10,15H,7,9,11-12H2,1-5H3. The van der Waals surface area contributed by atoms with Gasteiger partial charge in [0.05, 0.1) is 0 Å². The normalized spacial score (nSPS) is 19.4. The number of rotatable bonds is 2. The Bertz CT molecular complexity index is 499. The van der Waals surface area contributed by atoms with Crippen molar-refractivity contribution in [2.24, 2.45) is 5.41 Å². The molecular weight excluding hydrogens is 246 g/mol. The lowest BCUT2D eigenvalue weighted by atomic mass is 9.87. The lowest BCUT2D eigenvalue weighted by Crippen LogP contribution is -2.38. The SMILES string of the molecule is Cc1cccc(C(=O)N2CCCC2CC(C)(C)C)c1C. The number of carbonyl (C=O) groups is 1. The Kier molecular flexibility index (Phi) is 4.22. The van der Waals surface area contributed by atoms with Gasteiger partial charge in [0, 0.05) is 18.2 Å². The maximum absolute atomic E-state index is 12.8. The summed E-state index contributed by atoms with van der Waals surface area (Å²) >= 11 is 0. The molecule has 1 aromatic rings. The lowest BCUT2D eigenvalue weighted by molar-refractivity contribution is 0.0703. The van der Waals surface area contributed by atoms with Crippen molar-refractivity contribution in [3.8, 4) is 0 Å². The minimum atomic E-state index is 0.220. The smallest absolute Gasteiger partial charge is 0.254 e. The van der Waals surface area contributed by atoms with Gasteiger partial charge in [0.25, 0.3) is 5.91 Å². The third kappa shape index (κ3) is 3.23. The zero-order chi connectivity index (χ0) is 14.9. The summed E-state index contributed by atoms with van der Waals surface area (Å²) in [7, 11) is 0. The van der Waals surface area contributed by atoms with Crippen molar-refractivity contribution in [3.63, 3.8) is 0 Å². The molecule has 0 bridgehead atoms. The Balaban J connectivity index is 2.21. The molecule has 1 fully saturated rings. The van der Waals surface area contributed by atoms with Crippen molar-refractivity contribution in [1.82, 2.24) is 4.90 Å². The first-order valence-electron chi connectivity index (χ1n) is 7.67. The minimum absolute atomic E-state index is 0.220. The first kappa shape index (κ1) is 15.1. The van der Waals surface area contributed by atoms with Crippen LogP contribution in [0.4, 0.5) is 0 Å². The lowest BCUT2D eigenvalue weighted by Gasteiger charge is -2.31. The molecule has 1 unspecified atom stereocenters. The molecular formula is C18H27NO. The quantitative estimate of drug-likeness (QED) is 0.784. The first-order valence-corrected chi connectivity index (χ1v) is 7.67. The molecule has 110 valence electrons. The summed E-state index contributed by atoms with van der Waals surface area (Å²) in [6, 6.07) is 6.44. The van der Waals surface area contributed by atoms with Crippen LogP contribution in [0, 0.1) is 19.3 Å². The van der Waals surface area contributed by atoms with Crippen LogP contribution in [0.1, 0.15) is 61.5 Å². The fourth-order valence-electron chi connectivity index (χ4n) is 3.16. The molecule has 1 amide bonds. The Morgan fingerprint density at radius 3 is 2.65 bits per heavy atom. The zero-order valence-corrected chi connectivity index (χ0v) is 13.5. The average molecular weight is 273 g/mol. The highest BCUT2D eigenvalue weighted by Gasteiger charge is 2.32. The number of benzene rings is 1. The fourth-order valence-corrected chi connectivity index (χ4v) is 3.16. The molecule has 2 rings (SSSR count). The van der Waals surface area contributed by atoms with Crippen molar-refractivity contribution in [2.75, 3.05) is 6.54 Å². The van der Waals surface area contributed by atoms with Crippen LogP contribution in [0.3, 0.4) is 0 Å². The van der Waals surface area contributed by atoms with Gasteiger partial charge in [-0.1, -0.05) is 32.9 Å². The van der Waals surface area contributed by atoms with Gasteiger partial charge in [-0.15, -0.1) is 0 Å². The van der Waals surface area contributed by atoms with Crippen molar-refractivity contribution in [1.29, 1.82) is 0 Å². The number of nitrogens with zero attached hydrogens (tertiary/aromatic N) is 1. The Labute approximate surface area is 123 Å². The molecule has 1 aliphatic heterocycles.